The van der Waals surface area contributed by atoms with Crippen LogP contribution >= 0.6 is 11.6 Å². The van der Waals surface area contributed by atoms with Crippen LogP contribution in [-0.2, 0) is 31.6 Å². The average Bonchev–Trinajstić information content (AvgIpc) is 3.60. The van der Waals surface area contributed by atoms with Crippen LogP contribution in [0.5, 0.6) is 0 Å². The van der Waals surface area contributed by atoms with Gasteiger partial charge in [0.05, 0.1) is 22.3 Å². The fourth-order valence-corrected chi connectivity index (χ4v) is 13.2. The summed E-state index contributed by atoms with van der Waals surface area (Å²) in [6, 6.07) is 0. The maximum atomic E-state index is 14.2. The molecule has 53 heavy (non-hydrogen) atoms. The Hall–Kier alpha value is -3.14. The van der Waals surface area contributed by atoms with Crippen molar-refractivity contribution in [3.05, 3.63) is 34.4 Å². The van der Waals surface area contributed by atoms with Gasteiger partial charge in [-0.15, -0.1) is 10.2 Å². The lowest BCUT2D eigenvalue weighted by molar-refractivity contribution is -0.232. The zero-order valence-corrected chi connectivity index (χ0v) is 34.1. The number of Topliss-reactive ketones (excluding diaryl/α,β-unsaturated/α-hetero) is 1. The molecule has 2 aromatic rings. The number of esters is 1. The van der Waals surface area contributed by atoms with Gasteiger partial charge in [-0.2, -0.15) is 0 Å². The van der Waals surface area contributed by atoms with E-state index in [0.29, 0.717) is 34.9 Å². The third-order valence-corrected chi connectivity index (χ3v) is 16.1. The van der Waals surface area contributed by atoms with Crippen LogP contribution in [0, 0.1) is 50.7 Å². The number of carboxylic acids is 1. The highest BCUT2D eigenvalue weighted by Crippen LogP contribution is 2.76. The smallest absolute Gasteiger partial charge is 0.309 e. The van der Waals surface area contributed by atoms with Gasteiger partial charge in [-0.1, -0.05) is 60.1 Å². The zero-order valence-electron chi connectivity index (χ0n) is 33.3. The van der Waals surface area contributed by atoms with Crippen LogP contribution in [0.1, 0.15) is 132 Å². The predicted molar refractivity (Wildman–Crippen MR) is 202 cm³/mol. The van der Waals surface area contributed by atoms with E-state index in [2.05, 4.69) is 63.5 Å². The number of fused-ring (bicyclic) bond motifs is 7. The molecule has 2 aromatic heterocycles. The molecule has 0 bridgehead atoms. The molecule has 0 aromatic carbocycles. The predicted octanol–water partition coefficient (Wildman–Crippen LogP) is 8.57. The van der Waals surface area contributed by atoms with Crippen LogP contribution in [0.2, 0.25) is 5.02 Å². The highest BCUT2D eigenvalue weighted by Gasteiger charge is 2.71. The number of hydrogen-bond acceptors (Lipinski definition) is 8. The number of halogens is 1. The lowest BCUT2D eigenvalue weighted by atomic mass is 9.33. The number of rotatable bonds is 7. The Kier molecular flexibility index (Phi) is 8.95. The van der Waals surface area contributed by atoms with Gasteiger partial charge in [-0.05, 0) is 116 Å². The summed E-state index contributed by atoms with van der Waals surface area (Å²) in [6.45, 7) is 19.7. The van der Waals surface area contributed by atoms with Crippen LogP contribution in [0.4, 0.5) is 0 Å². The first kappa shape index (κ1) is 38.1. The summed E-state index contributed by atoms with van der Waals surface area (Å²) in [4.78, 5) is 48.0. The molecule has 4 fully saturated rings. The molecule has 11 heteroatoms. The molecule has 8 atom stereocenters. The Labute approximate surface area is 319 Å². The largest absolute Gasteiger partial charge is 0.481 e. The minimum absolute atomic E-state index is 0.0237. The number of ketones is 1. The van der Waals surface area contributed by atoms with E-state index in [9.17, 15) is 19.5 Å². The lowest BCUT2D eigenvalue weighted by Gasteiger charge is -2.72. The van der Waals surface area contributed by atoms with E-state index in [-0.39, 0.29) is 51.8 Å². The standard InChI is InChI=1S/C42H58ClN5O5/c1-23(2)31-26(49)19-42(35-47-46-34(48(35)10)33-44-21-24(43)22-45-33)18-17-40(8)25(32(31)42)11-12-28-39(7)15-14-29(53-30(50)20-37(3,4)36(51)52)38(5,6)27(39)13-16-41(28,40)9/h21-23,25,27-29H,11-20H2,1-10H3,(H,51,52)/t25-,27+,28-,29+,39+,40-,41-,42-/m1/s1. The lowest BCUT2D eigenvalue weighted by Crippen LogP contribution is -2.66. The van der Waals surface area contributed by atoms with Gasteiger partial charge < -0.3 is 14.4 Å². The molecule has 0 aliphatic heterocycles. The van der Waals surface area contributed by atoms with Gasteiger partial charge in [-0.25, -0.2) is 9.97 Å². The summed E-state index contributed by atoms with van der Waals surface area (Å²) >= 11 is 6.10. The molecular weight excluding hydrogens is 690 g/mol. The first-order chi connectivity index (χ1) is 24.6. The van der Waals surface area contributed by atoms with Crippen molar-refractivity contribution in [2.45, 2.75) is 138 Å². The molecule has 5 aliphatic carbocycles. The molecule has 4 saturated carbocycles. The second-order valence-electron chi connectivity index (χ2n) is 19.6. The molecule has 0 radical (unpaired) electrons. The van der Waals surface area contributed by atoms with Gasteiger partial charge >= 0.3 is 11.9 Å². The van der Waals surface area contributed by atoms with E-state index in [1.165, 1.54) is 5.57 Å². The third kappa shape index (κ3) is 5.41. The summed E-state index contributed by atoms with van der Waals surface area (Å²) < 4.78 is 8.19. The topological polar surface area (TPSA) is 137 Å². The number of hydrogen-bond donors (Lipinski definition) is 1. The Morgan fingerprint density at radius 1 is 0.962 bits per heavy atom. The monoisotopic (exact) mass is 747 g/mol. The van der Waals surface area contributed by atoms with Gasteiger partial charge in [0.15, 0.2) is 11.6 Å². The molecule has 288 valence electrons. The van der Waals surface area contributed by atoms with Gasteiger partial charge in [0.2, 0.25) is 5.82 Å². The van der Waals surface area contributed by atoms with Crippen molar-refractivity contribution < 1.29 is 24.2 Å². The van der Waals surface area contributed by atoms with Crippen molar-refractivity contribution >= 4 is 29.3 Å². The van der Waals surface area contributed by atoms with E-state index < -0.39 is 22.8 Å². The zero-order chi connectivity index (χ0) is 38.7. The number of aromatic nitrogens is 5. The molecule has 5 aliphatic rings. The van der Waals surface area contributed by atoms with Crippen molar-refractivity contribution in [2.75, 3.05) is 0 Å². The second-order valence-corrected chi connectivity index (χ2v) is 20.1. The van der Waals surface area contributed by atoms with Crippen LogP contribution in [0.25, 0.3) is 11.6 Å². The minimum atomic E-state index is -1.17. The van der Waals surface area contributed by atoms with Crippen molar-refractivity contribution in [1.82, 2.24) is 24.7 Å². The number of nitrogens with zero attached hydrogens (tertiary/aromatic N) is 5. The first-order valence-electron chi connectivity index (χ1n) is 19.7. The summed E-state index contributed by atoms with van der Waals surface area (Å²) in [5, 5.41) is 19.5. The molecule has 0 unspecified atom stereocenters. The minimum Gasteiger partial charge on any atom is -0.481 e. The van der Waals surface area contributed by atoms with Crippen LogP contribution in [0.15, 0.2) is 23.5 Å². The van der Waals surface area contributed by atoms with Crippen LogP contribution in [-0.4, -0.2) is 53.7 Å². The number of aliphatic carboxylic acids is 1. The number of carbonyl (C=O) groups excluding carboxylic acids is 2. The van der Waals surface area contributed by atoms with Crippen LogP contribution < -0.4 is 0 Å². The van der Waals surface area contributed by atoms with Crippen molar-refractivity contribution in [1.29, 1.82) is 0 Å². The second kappa shape index (κ2) is 12.4. The SMILES string of the molecule is CC(C)C1=C2[C@H]3CC[C@@H]4[C@@]5(C)CC[C@H](OC(=O)CC(C)(C)C(=O)O)C(C)(C)[C@@H]5CC[C@@]4(C)[C@]3(C)CC[C@@]2(c2nnc(-c3ncc(Cl)cn3)n2C)CC1=O. The highest BCUT2D eigenvalue weighted by atomic mass is 35.5. The average molecular weight is 748 g/mol. The van der Waals surface area contributed by atoms with E-state index in [4.69, 9.17) is 21.4 Å². The number of ether oxygens (including phenoxy) is 1. The highest BCUT2D eigenvalue weighted by molar-refractivity contribution is 6.30. The molecule has 7 rings (SSSR count). The van der Waals surface area contributed by atoms with E-state index in [1.54, 1.807) is 26.2 Å². The van der Waals surface area contributed by atoms with Crippen molar-refractivity contribution in [2.24, 2.45) is 57.8 Å². The number of carbonyl (C=O) groups is 3. The molecule has 10 nitrogen and oxygen atoms in total. The van der Waals surface area contributed by atoms with E-state index in [1.807, 2.05) is 11.6 Å². The normalized spacial score (nSPS) is 36.4. The fourth-order valence-electron chi connectivity index (χ4n) is 13.1. The van der Waals surface area contributed by atoms with Crippen LogP contribution in [0.3, 0.4) is 0 Å². The molecule has 2 heterocycles. The molecule has 0 saturated heterocycles. The first-order valence-corrected chi connectivity index (χ1v) is 20.1. The van der Waals surface area contributed by atoms with Gasteiger partial charge in [0.25, 0.3) is 0 Å². The molecule has 0 amide bonds. The third-order valence-electron chi connectivity index (χ3n) is 15.9. The quantitative estimate of drug-likeness (QED) is 0.276. The van der Waals surface area contributed by atoms with E-state index >= 15 is 0 Å². The molecular formula is C42H58ClN5O5. The summed E-state index contributed by atoms with van der Waals surface area (Å²) in [7, 11) is 1.98. The summed E-state index contributed by atoms with van der Waals surface area (Å²) in [5.41, 5.74) is 0.459. The maximum absolute atomic E-state index is 14.2. The molecule has 1 N–H and O–H groups in total. The number of carboxylic acid groups (broad SMARTS) is 1. The Bertz CT molecular complexity index is 1880. The van der Waals surface area contributed by atoms with Gasteiger partial charge in [0, 0.05) is 31.3 Å². The summed E-state index contributed by atoms with van der Waals surface area (Å²) in [5.74, 6) is 1.88. The Morgan fingerprint density at radius 3 is 2.28 bits per heavy atom. The van der Waals surface area contributed by atoms with Gasteiger partial charge in [0.1, 0.15) is 11.9 Å². The van der Waals surface area contributed by atoms with Gasteiger partial charge in [-0.3, -0.25) is 14.4 Å². The Morgan fingerprint density at radius 2 is 1.64 bits per heavy atom. The maximum Gasteiger partial charge on any atom is 0.309 e. The molecule has 0 spiro atoms. The number of allylic oxidation sites excluding steroid dienone is 2. The fraction of sp³-hybridized carbons (Fsp3) is 0.738. The van der Waals surface area contributed by atoms with Crippen molar-refractivity contribution in [3.63, 3.8) is 0 Å². The van der Waals surface area contributed by atoms with E-state index in [0.717, 1.165) is 62.8 Å². The Balaban J connectivity index is 1.22. The summed E-state index contributed by atoms with van der Waals surface area (Å²) in [6.07, 6.45) is 11.0. The van der Waals surface area contributed by atoms with Crippen molar-refractivity contribution in [3.8, 4) is 11.6 Å².